The molecule has 0 aromatic rings. The van der Waals surface area contributed by atoms with Crippen LogP contribution in [0.5, 0.6) is 0 Å². The molecule has 5 heteroatoms. The van der Waals surface area contributed by atoms with Gasteiger partial charge in [0, 0.05) is 0 Å². The molecule has 0 radical (unpaired) electrons. The molecule has 2 nitrogen and oxygen atoms in total. The van der Waals surface area contributed by atoms with Gasteiger partial charge < -0.3 is 5.48 Å². The van der Waals surface area contributed by atoms with Gasteiger partial charge in [-0.2, -0.15) is 0 Å². The number of halogens is 2. The van der Waals surface area contributed by atoms with Crippen LogP contribution in [-0.4, -0.2) is 5.48 Å². The third kappa shape index (κ3) is 28.5. The third-order valence-electron chi connectivity index (χ3n) is 0. The molecule has 5 heavy (non-hydrogen) atoms. The molecule has 0 heterocycles. The first kappa shape index (κ1) is 30.7. The quantitative estimate of drug-likeness (QED) is 0.560. The molecular formula is H4Br2HfO2. The van der Waals surface area contributed by atoms with E-state index >= 15 is 0 Å². The Morgan fingerprint density at radius 3 is 1.00 bits per heavy atom. The molecule has 2 N–H and O–H groups in total. The molecule has 0 aliphatic heterocycles. The van der Waals surface area contributed by atoms with E-state index in [0.717, 1.165) is 0 Å². The monoisotopic (exact) mass is 374 g/mol. The summed E-state index contributed by atoms with van der Waals surface area (Å²) in [5, 5.41) is 0. The van der Waals surface area contributed by atoms with Crippen molar-refractivity contribution in [1.29, 1.82) is 0 Å². The Bertz CT molecular complexity index is 7.61. The van der Waals surface area contributed by atoms with E-state index in [0.29, 0.717) is 0 Å². The number of rotatable bonds is 0. The minimum absolute atomic E-state index is 0. The molecule has 0 rings (SSSR count). The van der Waals surface area contributed by atoms with Crippen LogP contribution < -0.4 is 0 Å². The first-order chi connectivity index (χ1) is 1.00. The van der Waals surface area contributed by atoms with Crippen molar-refractivity contribution in [2.45, 2.75) is 0 Å². The summed E-state index contributed by atoms with van der Waals surface area (Å²) in [5.41, 5.74) is 0. The van der Waals surface area contributed by atoms with E-state index in [-0.39, 0.29) is 63.8 Å². The van der Waals surface area contributed by atoms with E-state index in [1.807, 2.05) is 0 Å². The molecule has 0 unspecified atom stereocenters. The molecule has 0 saturated heterocycles. The van der Waals surface area contributed by atoms with Crippen molar-refractivity contribution >= 4 is 34.0 Å². The Morgan fingerprint density at radius 2 is 1.00 bits per heavy atom. The van der Waals surface area contributed by atoms with Crippen LogP contribution in [0.3, 0.4) is 0 Å². The molecule has 0 saturated carbocycles. The summed E-state index contributed by atoms with van der Waals surface area (Å²) >= 11 is 0.0556. The SMILES string of the molecule is Br.Br.O.[O]=[Hf]. The van der Waals surface area contributed by atoms with Crippen LogP contribution in [0.25, 0.3) is 0 Å². The predicted octanol–water partition coefficient (Wildman–Crippen LogP) is 0.210. The van der Waals surface area contributed by atoms with Gasteiger partial charge in [-0.1, -0.05) is 0 Å². The Hall–Kier alpha value is 1.59. The standard InChI is InChI=1S/2BrH.Hf.H2O.O/h2*1H;;1H2;. The Balaban J connectivity index is -0.00000000167. The summed E-state index contributed by atoms with van der Waals surface area (Å²) in [6.45, 7) is 0. The van der Waals surface area contributed by atoms with Crippen LogP contribution in [0.4, 0.5) is 0 Å². The minimum atomic E-state index is 0. The fraction of sp³-hybridized carbons (Fsp3) is 0. The molecule has 0 fully saturated rings. The van der Waals surface area contributed by atoms with E-state index < -0.39 is 0 Å². The molecular weight excluding hydrogens is 370 g/mol. The van der Waals surface area contributed by atoms with Gasteiger partial charge in [0.15, 0.2) is 0 Å². The average Bonchev–Trinajstić information content (AvgIpc) is 1.00. The van der Waals surface area contributed by atoms with E-state index in [1.54, 1.807) is 0 Å². The van der Waals surface area contributed by atoms with Gasteiger partial charge in [0.25, 0.3) is 0 Å². The molecule has 0 amide bonds. The van der Waals surface area contributed by atoms with Crippen molar-refractivity contribution in [2.24, 2.45) is 0 Å². The second-order valence-corrected chi connectivity index (χ2v) is 0. The van der Waals surface area contributed by atoms with Gasteiger partial charge in [-0.15, -0.1) is 34.0 Å². The van der Waals surface area contributed by atoms with Crippen molar-refractivity contribution in [2.75, 3.05) is 0 Å². The summed E-state index contributed by atoms with van der Waals surface area (Å²) in [4.78, 5) is 0. The van der Waals surface area contributed by atoms with E-state index in [4.69, 9.17) is 2.85 Å². The maximum absolute atomic E-state index is 8.39. The predicted molar refractivity (Wildman–Crippen MR) is 24.9 cm³/mol. The van der Waals surface area contributed by atoms with Crippen LogP contribution in [-0.2, 0) is 27.2 Å². The van der Waals surface area contributed by atoms with E-state index in [9.17, 15) is 0 Å². The molecule has 0 bridgehead atoms. The fourth-order valence-electron chi connectivity index (χ4n) is 0. The molecule has 0 aliphatic rings. The van der Waals surface area contributed by atoms with Crippen LogP contribution in [0.2, 0.25) is 0 Å². The second-order valence-electron chi connectivity index (χ2n) is 0. The van der Waals surface area contributed by atoms with Crippen molar-refractivity contribution < 1.29 is 32.7 Å². The van der Waals surface area contributed by atoms with Gasteiger partial charge in [0.1, 0.15) is 0 Å². The first-order valence-electron chi connectivity index (χ1n) is 0.204. The van der Waals surface area contributed by atoms with Crippen LogP contribution in [0, 0.1) is 0 Å². The van der Waals surface area contributed by atoms with Crippen molar-refractivity contribution in [3.63, 3.8) is 0 Å². The van der Waals surface area contributed by atoms with Crippen molar-refractivity contribution in [1.82, 2.24) is 0 Å². The average molecular weight is 374 g/mol. The van der Waals surface area contributed by atoms with Gasteiger partial charge in [-0.05, 0) is 0 Å². The number of hydrogen-bond donors (Lipinski definition) is 0. The Labute approximate surface area is 66.2 Å². The summed E-state index contributed by atoms with van der Waals surface area (Å²) in [7, 11) is 0. The number of hydrogen-bond acceptors (Lipinski definition) is 1. The molecule has 34 valence electrons. The Kier molecular flexibility index (Phi) is 286. The van der Waals surface area contributed by atoms with Crippen LogP contribution in [0.15, 0.2) is 0 Å². The van der Waals surface area contributed by atoms with Gasteiger partial charge in [-0.3, -0.25) is 0 Å². The molecule has 0 aliphatic carbocycles. The zero-order valence-electron chi connectivity index (χ0n) is 2.22. The van der Waals surface area contributed by atoms with Gasteiger partial charge in [0.2, 0.25) is 0 Å². The Morgan fingerprint density at radius 1 is 1.00 bits per heavy atom. The van der Waals surface area contributed by atoms with Crippen molar-refractivity contribution in [3.05, 3.63) is 0 Å². The summed E-state index contributed by atoms with van der Waals surface area (Å²) in [6, 6.07) is 0. The normalized spacial score (nSPS) is 0.600. The maximum atomic E-state index is 8.39. The van der Waals surface area contributed by atoms with E-state index in [1.165, 1.54) is 0 Å². The summed E-state index contributed by atoms with van der Waals surface area (Å²) in [6.07, 6.45) is 0. The van der Waals surface area contributed by atoms with Gasteiger partial charge >= 0.3 is 27.2 Å². The fourth-order valence-corrected chi connectivity index (χ4v) is 0. The summed E-state index contributed by atoms with van der Waals surface area (Å²) in [5.74, 6) is 0. The van der Waals surface area contributed by atoms with Crippen molar-refractivity contribution in [3.8, 4) is 0 Å². The zero-order chi connectivity index (χ0) is 2.00. The van der Waals surface area contributed by atoms with E-state index in [2.05, 4.69) is 0 Å². The van der Waals surface area contributed by atoms with Gasteiger partial charge in [-0.25, -0.2) is 0 Å². The molecule has 0 aromatic heterocycles. The summed E-state index contributed by atoms with van der Waals surface area (Å²) < 4.78 is 8.39. The molecule has 0 aromatic carbocycles. The second kappa shape index (κ2) is 46.6. The van der Waals surface area contributed by atoms with Crippen LogP contribution >= 0.6 is 34.0 Å². The van der Waals surface area contributed by atoms with Crippen LogP contribution in [0.1, 0.15) is 0 Å². The van der Waals surface area contributed by atoms with Gasteiger partial charge in [0.05, 0.1) is 0 Å². The molecule has 0 spiro atoms. The third-order valence-corrected chi connectivity index (χ3v) is 0. The topological polar surface area (TPSA) is 48.6 Å². The molecule has 0 atom stereocenters. The zero-order valence-corrected chi connectivity index (χ0v) is 9.24. The first-order valence-corrected chi connectivity index (χ1v) is 1.67.